The Morgan fingerprint density at radius 1 is 1.11 bits per heavy atom. The van der Waals surface area contributed by atoms with Crippen molar-refractivity contribution >= 4 is 23.6 Å². The predicted molar refractivity (Wildman–Crippen MR) is 107 cm³/mol. The van der Waals surface area contributed by atoms with E-state index in [2.05, 4.69) is 23.5 Å². The van der Waals surface area contributed by atoms with Gasteiger partial charge in [-0.2, -0.15) is 0 Å². The highest BCUT2D eigenvalue weighted by molar-refractivity contribution is 6.30. The second-order valence-electron chi connectivity index (χ2n) is 7.23. The molecule has 0 bridgehead atoms. The van der Waals surface area contributed by atoms with Crippen LogP contribution in [-0.4, -0.2) is 25.6 Å². The van der Waals surface area contributed by atoms with E-state index in [1.54, 1.807) is 11.0 Å². The molecule has 2 aromatic carbocycles. The number of carbonyl (C=O) groups is 1. The van der Waals surface area contributed by atoms with Gasteiger partial charge in [-0.1, -0.05) is 35.9 Å². The minimum Gasteiger partial charge on any atom is -0.488 e. The van der Waals surface area contributed by atoms with Gasteiger partial charge in [0, 0.05) is 35.5 Å². The van der Waals surface area contributed by atoms with Crippen LogP contribution in [0.1, 0.15) is 29.5 Å². The van der Waals surface area contributed by atoms with E-state index < -0.39 is 0 Å². The highest BCUT2D eigenvalue weighted by atomic mass is 35.5. The zero-order valence-electron chi connectivity index (χ0n) is 15.3. The Kier molecular flexibility index (Phi) is 5.46. The summed E-state index contributed by atoms with van der Waals surface area (Å²) in [5, 5.41) is 3.68. The number of carbonyl (C=O) groups excluding carboxylic acids is 1. The van der Waals surface area contributed by atoms with E-state index >= 15 is 0 Å². The first-order chi connectivity index (χ1) is 13.2. The van der Waals surface area contributed by atoms with E-state index in [1.807, 2.05) is 24.3 Å². The molecule has 2 N–H and O–H groups in total. The van der Waals surface area contributed by atoms with Gasteiger partial charge in [0.2, 0.25) is 0 Å². The first kappa shape index (κ1) is 18.1. The molecule has 5 heteroatoms. The standard InChI is InChI=1S/C22H23ClN2O2/c23-20-7-8-21-18(12-20)11-19(15-27-21)22(26)24-13-16-5-1-2-6-17(16)14-25-9-3-4-10-25/h1-2,5-8,11-12H,3-4,9-10,13-15H2,(H,24,26)/p+1. The lowest BCUT2D eigenvalue weighted by Crippen LogP contribution is -3.08. The second-order valence-corrected chi connectivity index (χ2v) is 7.66. The normalized spacial score (nSPS) is 16.4. The SMILES string of the molecule is O=C(NCc1ccccc1C[NH+]1CCCC1)C1=Cc2cc(Cl)ccc2OC1. The summed E-state index contributed by atoms with van der Waals surface area (Å²) in [6, 6.07) is 13.8. The van der Waals surface area contributed by atoms with E-state index in [4.69, 9.17) is 16.3 Å². The molecule has 2 aliphatic heterocycles. The summed E-state index contributed by atoms with van der Waals surface area (Å²) in [7, 11) is 0. The van der Waals surface area contributed by atoms with Crippen LogP contribution in [0.4, 0.5) is 0 Å². The van der Waals surface area contributed by atoms with Crippen molar-refractivity contribution in [3.05, 3.63) is 69.8 Å². The van der Waals surface area contributed by atoms with Gasteiger partial charge in [0.25, 0.3) is 5.91 Å². The fourth-order valence-electron chi connectivity index (χ4n) is 3.79. The average Bonchev–Trinajstić information content (AvgIpc) is 3.19. The molecule has 2 aromatic rings. The van der Waals surface area contributed by atoms with E-state index in [0.717, 1.165) is 17.9 Å². The quantitative estimate of drug-likeness (QED) is 0.833. The molecule has 140 valence electrons. The maximum Gasteiger partial charge on any atom is 0.250 e. The Morgan fingerprint density at radius 3 is 2.70 bits per heavy atom. The van der Waals surface area contributed by atoms with Crippen LogP contribution in [0.2, 0.25) is 5.02 Å². The number of fused-ring (bicyclic) bond motifs is 1. The molecule has 1 saturated heterocycles. The smallest absolute Gasteiger partial charge is 0.250 e. The Morgan fingerprint density at radius 2 is 1.89 bits per heavy atom. The number of likely N-dealkylation sites (tertiary alicyclic amines) is 1. The third-order valence-corrected chi connectivity index (χ3v) is 5.52. The molecule has 1 fully saturated rings. The summed E-state index contributed by atoms with van der Waals surface area (Å²) in [6.07, 6.45) is 4.49. The lowest BCUT2D eigenvalue weighted by molar-refractivity contribution is -0.901. The summed E-state index contributed by atoms with van der Waals surface area (Å²) in [5.41, 5.74) is 3.97. The van der Waals surface area contributed by atoms with E-state index in [0.29, 0.717) is 17.1 Å². The van der Waals surface area contributed by atoms with Crippen LogP contribution in [-0.2, 0) is 17.9 Å². The molecule has 0 atom stereocenters. The number of ether oxygens (including phenoxy) is 1. The zero-order valence-corrected chi connectivity index (χ0v) is 16.0. The van der Waals surface area contributed by atoms with Crippen molar-refractivity contribution in [2.45, 2.75) is 25.9 Å². The first-order valence-electron chi connectivity index (χ1n) is 9.50. The number of benzene rings is 2. The number of nitrogens with one attached hydrogen (secondary N) is 2. The minimum atomic E-state index is -0.0936. The largest absolute Gasteiger partial charge is 0.488 e. The van der Waals surface area contributed by atoms with Gasteiger partial charge in [-0.3, -0.25) is 4.79 Å². The van der Waals surface area contributed by atoms with Crippen LogP contribution in [0.5, 0.6) is 5.75 Å². The highest BCUT2D eigenvalue weighted by Crippen LogP contribution is 2.29. The third kappa shape index (κ3) is 4.34. The molecule has 0 aromatic heterocycles. The number of hydrogen-bond donors (Lipinski definition) is 2. The van der Waals surface area contributed by atoms with Gasteiger partial charge in [-0.05, 0) is 29.8 Å². The summed E-state index contributed by atoms with van der Waals surface area (Å²) in [4.78, 5) is 14.3. The van der Waals surface area contributed by atoms with Crippen molar-refractivity contribution < 1.29 is 14.4 Å². The molecule has 0 radical (unpaired) electrons. The summed E-state index contributed by atoms with van der Waals surface area (Å²) >= 11 is 6.04. The van der Waals surface area contributed by atoms with Crippen LogP contribution < -0.4 is 15.0 Å². The van der Waals surface area contributed by atoms with Crippen molar-refractivity contribution in [2.75, 3.05) is 19.7 Å². The number of amides is 1. The number of quaternary nitrogens is 1. The lowest BCUT2D eigenvalue weighted by atomic mass is 10.1. The summed E-state index contributed by atoms with van der Waals surface area (Å²) < 4.78 is 5.69. The number of hydrogen-bond acceptors (Lipinski definition) is 2. The van der Waals surface area contributed by atoms with E-state index in [-0.39, 0.29) is 12.5 Å². The molecular formula is C22H24ClN2O2+. The molecule has 0 unspecified atom stereocenters. The third-order valence-electron chi connectivity index (χ3n) is 5.29. The van der Waals surface area contributed by atoms with Crippen molar-refractivity contribution in [2.24, 2.45) is 0 Å². The van der Waals surface area contributed by atoms with Crippen LogP contribution in [0.3, 0.4) is 0 Å². The maximum absolute atomic E-state index is 12.6. The van der Waals surface area contributed by atoms with Gasteiger partial charge in [0.1, 0.15) is 18.9 Å². The molecule has 4 rings (SSSR count). The topological polar surface area (TPSA) is 42.8 Å². The second kappa shape index (κ2) is 8.15. The monoisotopic (exact) mass is 383 g/mol. The molecule has 2 heterocycles. The fraction of sp³-hybridized carbons (Fsp3) is 0.318. The first-order valence-corrected chi connectivity index (χ1v) is 9.88. The van der Waals surface area contributed by atoms with Crippen LogP contribution in [0, 0.1) is 0 Å². The van der Waals surface area contributed by atoms with Crippen molar-refractivity contribution in [3.8, 4) is 5.75 Å². The molecule has 0 aliphatic carbocycles. The van der Waals surface area contributed by atoms with Gasteiger partial charge in [0.15, 0.2) is 0 Å². The minimum absolute atomic E-state index is 0.0936. The molecule has 4 nitrogen and oxygen atoms in total. The lowest BCUT2D eigenvalue weighted by Gasteiger charge is -2.19. The molecule has 27 heavy (non-hydrogen) atoms. The zero-order chi connectivity index (χ0) is 18.6. The van der Waals surface area contributed by atoms with Crippen molar-refractivity contribution in [3.63, 3.8) is 0 Å². The molecule has 2 aliphatic rings. The molecule has 0 saturated carbocycles. The van der Waals surface area contributed by atoms with Crippen molar-refractivity contribution in [1.82, 2.24) is 5.32 Å². The number of halogens is 1. The Balaban J connectivity index is 1.42. The Bertz CT molecular complexity index is 872. The predicted octanol–water partition coefficient (Wildman–Crippen LogP) is 2.61. The average molecular weight is 384 g/mol. The van der Waals surface area contributed by atoms with Crippen LogP contribution in [0.15, 0.2) is 48.0 Å². The molecular weight excluding hydrogens is 360 g/mol. The highest BCUT2D eigenvalue weighted by Gasteiger charge is 2.19. The van der Waals surface area contributed by atoms with E-state index in [1.165, 1.54) is 37.1 Å². The van der Waals surface area contributed by atoms with Gasteiger partial charge in [-0.15, -0.1) is 0 Å². The Labute approximate surface area is 164 Å². The number of rotatable bonds is 5. The van der Waals surface area contributed by atoms with Crippen molar-refractivity contribution in [1.29, 1.82) is 0 Å². The molecule has 1 amide bonds. The van der Waals surface area contributed by atoms with Gasteiger partial charge in [0.05, 0.1) is 18.7 Å². The van der Waals surface area contributed by atoms with Gasteiger partial charge in [-0.25, -0.2) is 0 Å². The van der Waals surface area contributed by atoms with E-state index in [9.17, 15) is 4.79 Å². The maximum atomic E-state index is 12.6. The summed E-state index contributed by atoms with van der Waals surface area (Å²) in [6.45, 7) is 4.32. The van der Waals surface area contributed by atoms with Crippen LogP contribution >= 0.6 is 11.6 Å². The fourth-order valence-corrected chi connectivity index (χ4v) is 3.97. The van der Waals surface area contributed by atoms with Crippen LogP contribution in [0.25, 0.3) is 6.08 Å². The summed E-state index contributed by atoms with van der Waals surface area (Å²) in [5.74, 6) is 0.666. The van der Waals surface area contributed by atoms with Gasteiger partial charge >= 0.3 is 0 Å². The Hall–Kier alpha value is -2.30. The van der Waals surface area contributed by atoms with Gasteiger partial charge < -0.3 is 15.0 Å². The molecule has 0 spiro atoms.